The summed E-state index contributed by atoms with van der Waals surface area (Å²) in [6, 6.07) is 7.47. The molecule has 5 rings (SSSR count). The van der Waals surface area contributed by atoms with Gasteiger partial charge in [-0.2, -0.15) is 0 Å². The Labute approximate surface area is 202 Å². The van der Waals surface area contributed by atoms with E-state index in [1.54, 1.807) is 0 Å². The van der Waals surface area contributed by atoms with E-state index in [0.717, 1.165) is 10.0 Å². The number of halogens is 1. The van der Waals surface area contributed by atoms with Crippen LogP contribution in [0, 0.1) is 0 Å². The highest BCUT2D eigenvalue weighted by molar-refractivity contribution is 9.10. The van der Waals surface area contributed by atoms with Gasteiger partial charge in [0.2, 0.25) is 0 Å². The Hall–Kier alpha value is -1.96. The molecule has 4 heterocycles. The van der Waals surface area contributed by atoms with Crippen LogP contribution in [0.25, 0.3) is 11.2 Å². The van der Waals surface area contributed by atoms with Gasteiger partial charge in [0.1, 0.15) is 29.7 Å². The van der Waals surface area contributed by atoms with Crippen molar-refractivity contribution in [1.82, 2.24) is 19.5 Å². The molecule has 1 aromatic carbocycles. The first-order chi connectivity index (χ1) is 16.2. The maximum absolute atomic E-state index is 13.1. The third-order valence-corrected chi connectivity index (χ3v) is 7.87. The average Bonchev–Trinajstić information content (AvgIpc) is 3.32. The molecule has 0 amide bonds. The number of aromatic nitrogens is 4. The molecule has 6 atom stereocenters. The van der Waals surface area contributed by atoms with Gasteiger partial charge in [0.15, 0.2) is 17.7 Å². The summed E-state index contributed by atoms with van der Waals surface area (Å²) in [4.78, 5) is 12.2. The van der Waals surface area contributed by atoms with Gasteiger partial charge >= 0.3 is 7.82 Å². The number of imidazole rings is 1. The molecule has 2 aliphatic rings. The van der Waals surface area contributed by atoms with E-state index in [1.807, 2.05) is 24.3 Å². The maximum Gasteiger partial charge on any atom is 0.475 e. The van der Waals surface area contributed by atoms with Crippen LogP contribution < -0.4 is 5.73 Å². The van der Waals surface area contributed by atoms with Gasteiger partial charge in [-0.3, -0.25) is 18.1 Å². The van der Waals surface area contributed by atoms with E-state index in [-0.39, 0.29) is 19.0 Å². The first-order valence-electron chi connectivity index (χ1n) is 10.5. The maximum atomic E-state index is 13.1. The van der Waals surface area contributed by atoms with E-state index < -0.39 is 38.0 Å². The number of fused-ring (bicyclic) bond motifs is 1. The fourth-order valence-corrected chi connectivity index (χ4v) is 5.91. The average molecular weight is 556 g/mol. The van der Waals surface area contributed by atoms with Gasteiger partial charge in [0.05, 0.1) is 25.6 Å². The highest BCUT2D eigenvalue weighted by Gasteiger charge is 2.54. The van der Waals surface area contributed by atoms with Gasteiger partial charge in [-0.05, 0) is 24.6 Å². The van der Waals surface area contributed by atoms with Crippen molar-refractivity contribution in [3.63, 3.8) is 0 Å². The van der Waals surface area contributed by atoms with Crippen molar-refractivity contribution in [3.05, 3.63) is 47.0 Å². The summed E-state index contributed by atoms with van der Waals surface area (Å²) in [6.45, 7) is 1.24. The summed E-state index contributed by atoms with van der Waals surface area (Å²) in [5.41, 5.74) is 5.58. The number of phosphoric acid groups is 1. The fraction of sp³-hybridized carbons (Fsp3) is 0.450. The van der Waals surface area contributed by atoms with Crippen LogP contribution in [0.15, 0.2) is 41.4 Å². The minimum Gasteiger partial charge on any atom is -0.387 e. The Kier molecular flexibility index (Phi) is 6.23. The number of anilines is 1. The molecule has 2 aliphatic heterocycles. The smallest absolute Gasteiger partial charge is 0.387 e. The number of ether oxygens (including phenoxy) is 1. The van der Waals surface area contributed by atoms with Gasteiger partial charge in [-0.1, -0.05) is 28.1 Å². The van der Waals surface area contributed by atoms with E-state index >= 15 is 0 Å². The molecule has 2 saturated heterocycles. The van der Waals surface area contributed by atoms with Crippen LogP contribution in [0.2, 0.25) is 0 Å². The lowest BCUT2D eigenvalue weighted by atomic mass is 9.96. The van der Waals surface area contributed by atoms with E-state index in [9.17, 15) is 14.8 Å². The molecule has 182 valence electrons. The Morgan fingerprint density at radius 1 is 1.38 bits per heavy atom. The second kappa shape index (κ2) is 8.92. The van der Waals surface area contributed by atoms with Crippen molar-refractivity contribution in [1.29, 1.82) is 0 Å². The number of aliphatic hydroxyl groups excluding tert-OH is 1. The van der Waals surface area contributed by atoms with Gasteiger partial charge in [0, 0.05) is 10.9 Å². The third-order valence-electron chi connectivity index (χ3n) is 5.90. The Balaban J connectivity index is 1.31. The van der Waals surface area contributed by atoms with Crippen molar-refractivity contribution >= 4 is 40.7 Å². The summed E-state index contributed by atoms with van der Waals surface area (Å²) in [6.07, 6.45) is -0.817. The lowest BCUT2D eigenvalue weighted by molar-refractivity contribution is -0.0953. The van der Waals surface area contributed by atoms with Gasteiger partial charge < -0.3 is 20.7 Å². The molecule has 34 heavy (non-hydrogen) atoms. The SMILES string of the molecule is C[C@@]1(O)[C@H](O)[C@@H](COP2(=O)OCCC(c3cccc(Br)c3)O2)O[C@H]1n1cnc2c(N)ncnc21. The van der Waals surface area contributed by atoms with Gasteiger partial charge in [-0.15, -0.1) is 0 Å². The molecule has 2 aromatic heterocycles. The standard InChI is InChI=1S/C20H23BrN5O7P/c1-20(28)16(27)14(32-19(20)26-10-25-15-17(22)23-9-24-18(15)26)8-31-34(29)30-6-5-13(33-34)11-3-2-4-12(21)7-11/h2-4,7,9-10,13-14,16,19,27-28H,5-6,8H2,1H3,(H2,22,23,24)/t13?,14-,16-,19-,20-,34?/m1/s1. The summed E-state index contributed by atoms with van der Waals surface area (Å²) < 4.78 is 37.8. The molecule has 14 heteroatoms. The number of nitrogens with zero attached hydrogens (tertiary/aromatic N) is 4. The number of nitrogens with two attached hydrogens (primary N) is 1. The lowest BCUT2D eigenvalue weighted by Crippen LogP contribution is -2.44. The van der Waals surface area contributed by atoms with Gasteiger partial charge in [0.25, 0.3) is 0 Å². The number of phosphoric ester groups is 1. The molecule has 12 nitrogen and oxygen atoms in total. The second-order valence-electron chi connectivity index (χ2n) is 8.29. The first-order valence-corrected chi connectivity index (χ1v) is 12.8. The second-order valence-corrected chi connectivity index (χ2v) is 10.8. The number of rotatable bonds is 5. The molecule has 0 bridgehead atoms. The first kappa shape index (κ1) is 23.8. The number of hydrogen-bond acceptors (Lipinski definition) is 11. The summed E-state index contributed by atoms with van der Waals surface area (Å²) >= 11 is 3.41. The largest absolute Gasteiger partial charge is 0.475 e. The highest BCUT2D eigenvalue weighted by atomic mass is 79.9. The van der Waals surface area contributed by atoms with Crippen molar-refractivity contribution in [2.24, 2.45) is 0 Å². The van der Waals surface area contributed by atoms with Crippen LogP contribution in [0.5, 0.6) is 0 Å². The zero-order valence-electron chi connectivity index (χ0n) is 18.0. The number of hydrogen-bond donors (Lipinski definition) is 3. The van der Waals surface area contributed by atoms with E-state index in [0.29, 0.717) is 17.6 Å². The summed E-state index contributed by atoms with van der Waals surface area (Å²) in [5, 5.41) is 21.8. The molecular formula is C20H23BrN5O7P. The molecule has 0 aliphatic carbocycles. The lowest BCUT2D eigenvalue weighted by Gasteiger charge is -2.30. The highest BCUT2D eigenvalue weighted by Crippen LogP contribution is 2.57. The summed E-state index contributed by atoms with van der Waals surface area (Å²) in [7, 11) is -3.94. The fourth-order valence-electron chi connectivity index (χ4n) is 4.10. The Morgan fingerprint density at radius 3 is 3.00 bits per heavy atom. The molecule has 3 aromatic rings. The molecule has 4 N–H and O–H groups in total. The summed E-state index contributed by atoms with van der Waals surface area (Å²) in [5.74, 6) is 0.173. The van der Waals surface area contributed by atoms with Crippen LogP contribution in [0.1, 0.15) is 31.2 Å². The predicted molar refractivity (Wildman–Crippen MR) is 122 cm³/mol. The topological polar surface area (TPSA) is 164 Å². The van der Waals surface area contributed by atoms with Crippen molar-refractivity contribution < 1.29 is 33.1 Å². The molecule has 0 spiro atoms. The normalized spacial score (nSPS) is 34.0. The van der Waals surface area contributed by atoms with Crippen molar-refractivity contribution in [2.45, 2.75) is 43.5 Å². The molecule has 2 unspecified atom stereocenters. The third kappa shape index (κ3) is 4.27. The van der Waals surface area contributed by atoms with Crippen molar-refractivity contribution in [3.8, 4) is 0 Å². The number of nitrogen functional groups attached to an aromatic ring is 1. The van der Waals surface area contributed by atoms with E-state index in [2.05, 4.69) is 30.9 Å². The molecule has 0 radical (unpaired) electrons. The van der Waals surface area contributed by atoms with Crippen LogP contribution in [0.3, 0.4) is 0 Å². The minimum absolute atomic E-state index is 0.172. The van der Waals surface area contributed by atoms with Crippen LogP contribution in [-0.2, 0) is 22.9 Å². The van der Waals surface area contributed by atoms with Crippen LogP contribution in [0.4, 0.5) is 5.82 Å². The monoisotopic (exact) mass is 555 g/mol. The van der Waals surface area contributed by atoms with E-state index in [4.69, 9.17) is 24.0 Å². The zero-order valence-corrected chi connectivity index (χ0v) is 20.5. The van der Waals surface area contributed by atoms with Crippen LogP contribution in [-0.4, -0.2) is 60.8 Å². The quantitative estimate of drug-likeness (QED) is 0.396. The molecule has 2 fully saturated rings. The molecule has 0 saturated carbocycles. The predicted octanol–water partition coefficient (Wildman–Crippen LogP) is 2.48. The number of benzene rings is 1. The van der Waals surface area contributed by atoms with Crippen LogP contribution >= 0.6 is 23.8 Å². The Bertz CT molecular complexity index is 1260. The minimum atomic E-state index is -3.94. The molecular weight excluding hydrogens is 533 g/mol. The van der Waals surface area contributed by atoms with Crippen molar-refractivity contribution in [2.75, 3.05) is 18.9 Å². The zero-order chi connectivity index (χ0) is 24.1. The number of aliphatic hydroxyl groups is 2. The Morgan fingerprint density at radius 2 is 2.21 bits per heavy atom. The van der Waals surface area contributed by atoms with Gasteiger partial charge in [-0.25, -0.2) is 19.5 Å². The van der Waals surface area contributed by atoms with E-state index in [1.165, 1.54) is 24.1 Å².